The number of carbonyl (C=O) groups is 1. The molecule has 3 aromatic carbocycles. The van der Waals surface area contributed by atoms with Crippen LogP contribution in [0.4, 0.5) is 4.39 Å². The van der Waals surface area contributed by atoms with Crippen molar-refractivity contribution in [3.05, 3.63) is 128 Å². The first-order chi connectivity index (χ1) is 16.0. The second kappa shape index (κ2) is 9.44. The Bertz CT molecular complexity index is 1400. The van der Waals surface area contributed by atoms with Gasteiger partial charge in [-0.1, -0.05) is 66.7 Å². The summed E-state index contributed by atoms with van der Waals surface area (Å²) < 4.78 is 16.1. The van der Waals surface area contributed by atoms with Gasteiger partial charge in [-0.2, -0.15) is 9.78 Å². The number of amides is 1. The van der Waals surface area contributed by atoms with E-state index in [1.54, 1.807) is 43.3 Å². The second-order valence-corrected chi connectivity index (χ2v) is 7.47. The van der Waals surface area contributed by atoms with Crippen LogP contribution >= 0.6 is 0 Å². The summed E-state index contributed by atoms with van der Waals surface area (Å²) in [5.41, 5.74) is -0.775. The number of carbonyl (C=O) groups excluding carboxylic acids is 1. The fourth-order valence-corrected chi connectivity index (χ4v) is 3.42. The maximum Gasteiger partial charge on any atom is 0.352 e. The number of halogens is 1. The molecule has 0 aliphatic rings. The third-order valence-corrected chi connectivity index (χ3v) is 5.21. The predicted molar refractivity (Wildman–Crippen MR) is 122 cm³/mol. The van der Waals surface area contributed by atoms with Crippen molar-refractivity contribution in [2.24, 2.45) is 0 Å². The number of nitrogens with zero attached hydrogens (tertiary/aromatic N) is 3. The minimum atomic E-state index is -0.895. The summed E-state index contributed by atoms with van der Waals surface area (Å²) in [5, 5.41) is 6.83. The lowest BCUT2D eigenvalue weighted by atomic mass is 10.1. The van der Waals surface area contributed by atoms with Gasteiger partial charge in [0, 0.05) is 5.56 Å². The van der Waals surface area contributed by atoms with E-state index in [1.807, 2.05) is 30.3 Å². The number of rotatable bonds is 6. The molecule has 166 valence electrons. The van der Waals surface area contributed by atoms with Crippen LogP contribution < -0.4 is 16.6 Å². The van der Waals surface area contributed by atoms with E-state index in [1.165, 1.54) is 18.2 Å². The van der Waals surface area contributed by atoms with E-state index in [0.717, 1.165) is 14.8 Å². The Balaban J connectivity index is 1.81. The van der Waals surface area contributed by atoms with Gasteiger partial charge in [0.1, 0.15) is 5.82 Å². The molecule has 0 fully saturated rings. The maximum absolute atomic E-state index is 14.3. The van der Waals surface area contributed by atoms with Crippen LogP contribution in [0.2, 0.25) is 0 Å². The van der Waals surface area contributed by atoms with Gasteiger partial charge in [-0.15, -0.1) is 0 Å². The molecule has 1 atom stereocenters. The Kier molecular flexibility index (Phi) is 6.26. The van der Waals surface area contributed by atoms with E-state index in [-0.39, 0.29) is 12.1 Å². The molecule has 1 N–H and O–H groups in total. The zero-order valence-electron chi connectivity index (χ0n) is 17.8. The molecular weight excluding hydrogens is 423 g/mol. The third-order valence-electron chi connectivity index (χ3n) is 5.21. The summed E-state index contributed by atoms with van der Waals surface area (Å²) in [5.74, 6) is -1.29. The van der Waals surface area contributed by atoms with Gasteiger partial charge in [0.15, 0.2) is 0 Å². The third kappa shape index (κ3) is 4.64. The van der Waals surface area contributed by atoms with Gasteiger partial charge < -0.3 is 5.32 Å². The molecule has 4 rings (SSSR count). The Labute approximate surface area is 188 Å². The fraction of sp³-hybridized carbons (Fsp3) is 0.120. The molecule has 0 aliphatic carbocycles. The van der Waals surface area contributed by atoms with Crippen LogP contribution in [0, 0.1) is 5.82 Å². The molecule has 8 heteroatoms. The van der Waals surface area contributed by atoms with Crippen LogP contribution in [0.3, 0.4) is 0 Å². The minimum absolute atomic E-state index is 0.145. The van der Waals surface area contributed by atoms with Gasteiger partial charge in [-0.3, -0.25) is 14.2 Å². The summed E-state index contributed by atoms with van der Waals surface area (Å²) in [6, 6.07) is 23.1. The lowest BCUT2D eigenvalue weighted by Crippen LogP contribution is -2.46. The topological polar surface area (TPSA) is 86.0 Å². The molecule has 0 saturated carbocycles. The summed E-state index contributed by atoms with van der Waals surface area (Å²) in [6.45, 7) is 1.44. The van der Waals surface area contributed by atoms with Crippen molar-refractivity contribution in [3.8, 4) is 5.69 Å². The zero-order chi connectivity index (χ0) is 23.4. The fourth-order valence-electron chi connectivity index (χ4n) is 3.42. The minimum Gasteiger partial charge on any atom is -0.344 e. The summed E-state index contributed by atoms with van der Waals surface area (Å²) in [6.07, 6.45) is 0. The van der Waals surface area contributed by atoms with E-state index in [0.29, 0.717) is 5.69 Å². The van der Waals surface area contributed by atoms with E-state index in [4.69, 9.17) is 0 Å². The van der Waals surface area contributed by atoms with Gasteiger partial charge in [0.2, 0.25) is 5.69 Å². The van der Waals surface area contributed by atoms with Crippen molar-refractivity contribution in [2.75, 3.05) is 0 Å². The molecule has 0 aliphatic heterocycles. The number of para-hydroxylation sites is 1. The summed E-state index contributed by atoms with van der Waals surface area (Å²) >= 11 is 0. The van der Waals surface area contributed by atoms with Crippen molar-refractivity contribution in [2.45, 2.75) is 19.5 Å². The van der Waals surface area contributed by atoms with Crippen LogP contribution in [-0.4, -0.2) is 20.3 Å². The SMILES string of the molecule is C[C@@H](NC(=O)c1nn(-c2ccccc2)c(=O)n(Cc2ccccc2F)c1=O)c1ccccc1. The Morgan fingerprint density at radius 2 is 1.55 bits per heavy atom. The number of benzene rings is 3. The van der Waals surface area contributed by atoms with Gasteiger partial charge in [0.25, 0.3) is 11.5 Å². The van der Waals surface area contributed by atoms with Gasteiger partial charge in [-0.05, 0) is 30.7 Å². The standard InChI is InChI=1S/C25H21FN4O3/c1-17(18-10-4-2-5-11-18)27-23(31)22-24(32)29(16-19-12-8-9-15-21(19)26)25(33)30(28-22)20-13-6-3-7-14-20/h2-15,17H,16H2,1H3,(H,27,31)/t17-/m1/s1. The smallest absolute Gasteiger partial charge is 0.344 e. The van der Waals surface area contributed by atoms with E-state index in [2.05, 4.69) is 10.4 Å². The van der Waals surface area contributed by atoms with E-state index < -0.39 is 34.7 Å². The van der Waals surface area contributed by atoms with Crippen LogP contribution in [-0.2, 0) is 6.54 Å². The Morgan fingerprint density at radius 3 is 2.21 bits per heavy atom. The first-order valence-corrected chi connectivity index (χ1v) is 10.3. The van der Waals surface area contributed by atoms with Crippen molar-refractivity contribution in [3.63, 3.8) is 0 Å². The van der Waals surface area contributed by atoms with Gasteiger partial charge in [0.05, 0.1) is 18.3 Å². The van der Waals surface area contributed by atoms with Crippen LogP contribution in [0.15, 0.2) is 94.5 Å². The highest BCUT2D eigenvalue weighted by Gasteiger charge is 2.22. The number of hydrogen-bond acceptors (Lipinski definition) is 4. The molecule has 0 radical (unpaired) electrons. The summed E-state index contributed by atoms with van der Waals surface area (Å²) in [7, 11) is 0. The van der Waals surface area contributed by atoms with Crippen molar-refractivity contribution in [1.82, 2.24) is 19.7 Å². The van der Waals surface area contributed by atoms with Crippen molar-refractivity contribution in [1.29, 1.82) is 0 Å². The van der Waals surface area contributed by atoms with Crippen molar-refractivity contribution < 1.29 is 9.18 Å². The molecule has 1 aromatic heterocycles. The Hall–Kier alpha value is -4.33. The molecule has 1 heterocycles. The van der Waals surface area contributed by atoms with Crippen LogP contribution in [0.25, 0.3) is 5.69 Å². The zero-order valence-corrected chi connectivity index (χ0v) is 17.8. The molecule has 0 bridgehead atoms. The average Bonchev–Trinajstić information content (AvgIpc) is 2.84. The average molecular weight is 444 g/mol. The van der Waals surface area contributed by atoms with E-state index >= 15 is 0 Å². The quantitative estimate of drug-likeness (QED) is 0.495. The van der Waals surface area contributed by atoms with Crippen LogP contribution in [0.5, 0.6) is 0 Å². The molecule has 0 saturated heterocycles. The number of hydrogen-bond donors (Lipinski definition) is 1. The lowest BCUT2D eigenvalue weighted by molar-refractivity contribution is 0.0930. The van der Waals surface area contributed by atoms with Crippen LogP contribution in [0.1, 0.15) is 34.6 Å². The molecule has 33 heavy (non-hydrogen) atoms. The largest absolute Gasteiger partial charge is 0.352 e. The maximum atomic E-state index is 14.3. The molecule has 0 unspecified atom stereocenters. The molecule has 1 amide bonds. The van der Waals surface area contributed by atoms with Gasteiger partial charge >= 0.3 is 5.69 Å². The summed E-state index contributed by atoms with van der Waals surface area (Å²) in [4.78, 5) is 39.3. The number of nitrogens with one attached hydrogen (secondary N) is 1. The highest BCUT2D eigenvalue weighted by atomic mass is 19.1. The Morgan fingerprint density at radius 1 is 0.939 bits per heavy atom. The highest BCUT2D eigenvalue weighted by molar-refractivity contribution is 5.92. The lowest BCUT2D eigenvalue weighted by Gasteiger charge is -2.16. The van der Waals surface area contributed by atoms with Gasteiger partial charge in [-0.25, -0.2) is 9.18 Å². The number of aromatic nitrogens is 3. The first-order valence-electron chi connectivity index (χ1n) is 10.3. The molecule has 7 nitrogen and oxygen atoms in total. The highest BCUT2D eigenvalue weighted by Crippen LogP contribution is 2.12. The van der Waals surface area contributed by atoms with E-state index in [9.17, 15) is 18.8 Å². The molecule has 4 aromatic rings. The second-order valence-electron chi connectivity index (χ2n) is 7.47. The first kappa shape index (κ1) is 21.9. The van der Waals surface area contributed by atoms with Crippen molar-refractivity contribution >= 4 is 5.91 Å². The normalized spacial score (nSPS) is 11.7. The molecule has 0 spiro atoms. The molecular formula is C25H21FN4O3. The predicted octanol–water partition coefficient (Wildman–Crippen LogP) is 3.07. The monoisotopic (exact) mass is 444 g/mol.